The Hall–Kier alpha value is -4.34. The Bertz CT molecular complexity index is 1190. The number of non-ortho nitro benzene ring substituents is 1. The fourth-order valence-electron chi connectivity index (χ4n) is 3.41. The number of para-hydroxylation sites is 1. The smallest absolute Gasteiger partial charge is 0.326 e. The number of aliphatic carboxylic acids is 1. The van der Waals surface area contributed by atoms with Gasteiger partial charge in [0, 0.05) is 23.4 Å². The van der Waals surface area contributed by atoms with Crippen LogP contribution in [0.3, 0.4) is 0 Å². The second-order valence-corrected chi connectivity index (χ2v) is 7.14. The first-order chi connectivity index (χ1) is 15.8. The molecule has 0 fully saturated rings. The molecule has 0 aliphatic rings. The van der Waals surface area contributed by atoms with E-state index in [2.05, 4.69) is 10.3 Å². The number of carbonyl (C=O) groups excluding carboxylic acids is 2. The number of nitro groups is 1. The van der Waals surface area contributed by atoms with E-state index in [9.17, 15) is 29.6 Å². The van der Waals surface area contributed by atoms with Crippen LogP contribution in [0.15, 0.2) is 60.7 Å². The highest BCUT2D eigenvalue weighted by Crippen LogP contribution is 2.27. The Kier molecular flexibility index (Phi) is 7.29. The molecule has 2 N–H and O–H groups in total. The molecule has 3 aromatic rings. The summed E-state index contributed by atoms with van der Waals surface area (Å²) in [6, 6.07) is 13.9. The van der Waals surface area contributed by atoms with Gasteiger partial charge >= 0.3 is 11.9 Å². The van der Waals surface area contributed by atoms with Crippen molar-refractivity contribution < 1.29 is 29.2 Å². The second kappa shape index (κ2) is 10.3. The molecular formula is C23H21N3O7. The maximum Gasteiger partial charge on any atom is 0.326 e. The molecule has 2 unspecified atom stereocenters. The SMILES string of the molecule is CCOC(=O)CC(c1ccc([N+](=O)[O-])cc1)C(NC(=O)c1ccc2ccccc2n1)C(=O)O. The van der Waals surface area contributed by atoms with Crippen LogP contribution in [0.25, 0.3) is 10.9 Å². The largest absolute Gasteiger partial charge is 0.480 e. The van der Waals surface area contributed by atoms with Crippen molar-refractivity contribution in [2.75, 3.05) is 6.61 Å². The minimum atomic E-state index is -1.52. The van der Waals surface area contributed by atoms with E-state index in [4.69, 9.17) is 4.74 Å². The van der Waals surface area contributed by atoms with Crippen molar-refractivity contribution in [1.82, 2.24) is 10.3 Å². The molecule has 10 heteroatoms. The summed E-state index contributed by atoms with van der Waals surface area (Å²) < 4.78 is 4.96. The summed E-state index contributed by atoms with van der Waals surface area (Å²) >= 11 is 0. The number of ether oxygens (including phenoxy) is 1. The Morgan fingerprint density at radius 1 is 1.09 bits per heavy atom. The number of pyridine rings is 1. The van der Waals surface area contributed by atoms with Crippen LogP contribution in [0.4, 0.5) is 5.69 Å². The molecule has 0 aliphatic carbocycles. The van der Waals surface area contributed by atoms with Crippen molar-refractivity contribution in [3.05, 3.63) is 82.0 Å². The molecule has 0 aliphatic heterocycles. The number of aromatic nitrogens is 1. The molecule has 1 aromatic heterocycles. The first kappa shape index (κ1) is 23.3. The van der Waals surface area contributed by atoms with Crippen LogP contribution in [0.2, 0.25) is 0 Å². The lowest BCUT2D eigenvalue weighted by molar-refractivity contribution is -0.384. The maximum atomic E-state index is 12.9. The normalized spacial score (nSPS) is 12.5. The molecule has 170 valence electrons. The van der Waals surface area contributed by atoms with Crippen LogP contribution in [0, 0.1) is 10.1 Å². The van der Waals surface area contributed by atoms with Crippen LogP contribution >= 0.6 is 0 Å². The predicted molar refractivity (Wildman–Crippen MR) is 118 cm³/mol. The third-order valence-corrected chi connectivity index (χ3v) is 5.01. The molecule has 1 amide bonds. The van der Waals surface area contributed by atoms with Gasteiger partial charge in [-0.1, -0.05) is 36.4 Å². The number of amides is 1. The average Bonchev–Trinajstić information content (AvgIpc) is 2.81. The maximum absolute atomic E-state index is 12.9. The van der Waals surface area contributed by atoms with Crippen molar-refractivity contribution in [2.24, 2.45) is 0 Å². The Balaban J connectivity index is 1.92. The summed E-state index contributed by atoms with van der Waals surface area (Å²) in [7, 11) is 0. The number of benzene rings is 2. The summed E-state index contributed by atoms with van der Waals surface area (Å²) in [6.45, 7) is 1.71. The van der Waals surface area contributed by atoms with E-state index in [1.807, 2.05) is 12.1 Å². The van der Waals surface area contributed by atoms with E-state index in [1.165, 1.54) is 30.3 Å². The van der Waals surface area contributed by atoms with Crippen molar-refractivity contribution in [1.29, 1.82) is 0 Å². The minimum Gasteiger partial charge on any atom is -0.480 e. The Morgan fingerprint density at radius 2 is 1.79 bits per heavy atom. The number of rotatable bonds is 9. The van der Waals surface area contributed by atoms with E-state index >= 15 is 0 Å². The van der Waals surface area contributed by atoms with Crippen LogP contribution in [-0.4, -0.2) is 45.5 Å². The number of carboxylic acids is 1. The van der Waals surface area contributed by atoms with Crippen LogP contribution in [0.1, 0.15) is 35.3 Å². The quantitative estimate of drug-likeness (QED) is 0.286. The molecule has 0 saturated carbocycles. The van der Waals surface area contributed by atoms with E-state index < -0.39 is 34.7 Å². The van der Waals surface area contributed by atoms with Gasteiger partial charge in [0.05, 0.1) is 23.5 Å². The number of carbonyl (C=O) groups is 3. The van der Waals surface area contributed by atoms with Gasteiger partial charge in [0.1, 0.15) is 11.7 Å². The number of nitro benzene ring substituents is 1. The summed E-state index contributed by atoms with van der Waals surface area (Å²) in [4.78, 5) is 51.8. The summed E-state index contributed by atoms with van der Waals surface area (Å²) in [6.07, 6.45) is -0.353. The highest BCUT2D eigenvalue weighted by molar-refractivity contribution is 5.97. The van der Waals surface area contributed by atoms with Gasteiger partial charge in [-0.05, 0) is 24.6 Å². The number of nitrogens with one attached hydrogen (secondary N) is 1. The Labute approximate surface area is 188 Å². The topological polar surface area (TPSA) is 149 Å². The average molecular weight is 451 g/mol. The second-order valence-electron chi connectivity index (χ2n) is 7.14. The Morgan fingerprint density at radius 3 is 2.42 bits per heavy atom. The molecular weight excluding hydrogens is 430 g/mol. The molecule has 10 nitrogen and oxygen atoms in total. The number of hydrogen-bond donors (Lipinski definition) is 2. The first-order valence-electron chi connectivity index (χ1n) is 10.1. The highest BCUT2D eigenvalue weighted by atomic mass is 16.6. The van der Waals surface area contributed by atoms with Crippen molar-refractivity contribution >= 4 is 34.4 Å². The van der Waals surface area contributed by atoms with E-state index in [0.29, 0.717) is 11.1 Å². The van der Waals surface area contributed by atoms with Gasteiger partial charge in [0.15, 0.2) is 0 Å². The molecule has 33 heavy (non-hydrogen) atoms. The molecule has 1 heterocycles. The zero-order valence-corrected chi connectivity index (χ0v) is 17.6. The molecule has 0 spiro atoms. The van der Waals surface area contributed by atoms with Gasteiger partial charge in [0.25, 0.3) is 11.6 Å². The summed E-state index contributed by atoms with van der Waals surface area (Å²) in [5.74, 6) is -3.81. The number of esters is 1. The molecule has 2 atom stereocenters. The van der Waals surface area contributed by atoms with Crippen LogP contribution in [-0.2, 0) is 14.3 Å². The van der Waals surface area contributed by atoms with E-state index in [1.54, 1.807) is 25.1 Å². The molecule has 0 saturated heterocycles. The number of carboxylic acid groups (broad SMARTS) is 1. The number of fused-ring (bicyclic) bond motifs is 1. The molecule has 0 bridgehead atoms. The van der Waals surface area contributed by atoms with Crippen molar-refractivity contribution in [2.45, 2.75) is 25.3 Å². The van der Waals surface area contributed by atoms with Gasteiger partial charge in [-0.15, -0.1) is 0 Å². The van der Waals surface area contributed by atoms with Crippen molar-refractivity contribution in [3.63, 3.8) is 0 Å². The molecule has 0 radical (unpaired) electrons. The predicted octanol–water partition coefficient (Wildman–Crippen LogP) is 3.06. The number of hydrogen-bond acceptors (Lipinski definition) is 7. The van der Waals surface area contributed by atoms with Gasteiger partial charge < -0.3 is 15.2 Å². The lowest BCUT2D eigenvalue weighted by Crippen LogP contribution is -2.46. The lowest BCUT2D eigenvalue weighted by Gasteiger charge is -2.24. The summed E-state index contributed by atoms with van der Waals surface area (Å²) in [5.41, 5.74) is 0.715. The molecule has 2 aromatic carbocycles. The first-order valence-corrected chi connectivity index (χ1v) is 10.1. The van der Waals surface area contributed by atoms with Gasteiger partial charge in [0.2, 0.25) is 0 Å². The monoisotopic (exact) mass is 451 g/mol. The molecule has 3 rings (SSSR count). The van der Waals surface area contributed by atoms with Crippen molar-refractivity contribution in [3.8, 4) is 0 Å². The zero-order valence-electron chi connectivity index (χ0n) is 17.6. The van der Waals surface area contributed by atoms with Gasteiger partial charge in [-0.2, -0.15) is 0 Å². The van der Waals surface area contributed by atoms with E-state index in [0.717, 1.165) is 5.39 Å². The lowest BCUT2D eigenvalue weighted by atomic mass is 9.88. The van der Waals surface area contributed by atoms with Crippen LogP contribution in [0.5, 0.6) is 0 Å². The minimum absolute atomic E-state index is 0.0125. The highest BCUT2D eigenvalue weighted by Gasteiger charge is 2.34. The standard InChI is InChI=1S/C23H21N3O7/c1-2-33-20(27)13-17(14-7-10-16(11-8-14)26(31)32)21(23(29)30)25-22(28)19-12-9-15-5-3-4-6-18(15)24-19/h3-12,17,21H,2,13H2,1H3,(H,25,28)(H,29,30). The number of nitrogens with zero attached hydrogens (tertiary/aromatic N) is 2. The third kappa shape index (κ3) is 5.67. The van der Waals surface area contributed by atoms with Crippen LogP contribution < -0.4 is 5.32 Å². The van der Waals surface area contributed by atoms with Gasteiger partial charge in [-0.25, -0.2) is 9.78 Å². The fraction of sp³-hybridized carbons (Fsp3) is 0.217. The van der Waals surface area contributed by atoms with Gasteiger partial charge in [-0.3, -0.25) is 19.7 Å². The third-order valence-electron chi connectivity index (χ3n) is 5.01. The summed E-state index contributed by atoms with van der Waals surface area (Å²) in [5, 5.41) is 24.1. The zero-order chi connectivity index (χ0) is 24.0. The fourth-order valence-corrected chi connectivity index (χ4v) is 3.41. The van der Waals surface area contributed by atoms with E-state index in [-0.39, 0.29) is 24.4 Å².